The number of carboxylic acid groups (broad SMARTS) is 1. The lowest BCUT2D eigenvalue weighted by molar-refractivity contribution is -0.192. The predicted molar refractivity (Wildman–Crippen MR) is 85.1 cm³/mol. The van der Waals surface area contributed by atoms with Crippen molar-refractivity contribution in [3.05, 3.63) is 35.5 Å². The van der Waals surface area contributed by atoms with E-state index >= 15 is 0 Å². The molecule has 0 bridgehead atoms. The summed E-state index contributed by atoms with van der Waals surface area (Å²) in [5.41, 5.74) is 3.81. The van der Waals surface area contributed by atoms with Crippen molar-refractivity contribution in [3.8, 4) is 0 Å². The molecule has 9 heteroatoms. The first kappa shape index (κ1) is 18.8. The minimum absolute atomic E-state index is 0.0455. The Kier molecular flexibility index (Phi) is 5.68. The first-order chi connectivity index (χ1) is 11.8. The van der Waals surface area contributed by atoms with Crippen LogP contribution in [-0.4, -0.2) is 41.3 Å². The Morgan fingerprint density at radius 3 is 2.56 bits per heavy atom. The van der Waals surface area contributed by atoms with E-state index in [0.29, 0.717) is 6.54 Å². The molecule has 0 saturated carbocycles. The lowest BCUT2D eigenvalue weighted by atomic mass is 10.1. The van der Waals surface area contributed by atoms with Gasteiger partial charge in [0.25, 0.3) is 0 Å². The highest BCUT2D eigenvalue weighted by molar-refractivity contribution is 5.87. The molecule has 1 aliphatic rings. The van der Waals surface area contributed by atoms with Gasteiger partial charge in [0, 0.05) is 30.2 Å². The topological polar surface area (TPSA) is 83.4 Å². The first-order valence-corrected chi connectivity index (χ1v) is 7.56. The van der Waals surface area contributed by atoms with Crippen molar-refractivity contribution in [2.75, 3.05) is 13.6 Å². The van der Waals surface area contributed by atoms with E-state index in [0.717, 1.165) is 25.0 Å². The molecule has 0 atom stereocenters. The van der Waals surface area contributed by atoms with Gasteiger partial charge in [0.1, 0.15) is 6.54 Å². The number of aromatic nitrogens is 1. The highest BCUT2D eigenvalue weighted by Gasteiger charge is 2.38. The molecule has 0 fully saturated rings. The second-order valence-electron chi connectivity index (χ2n) is 5.43. The van der Waals surface area contributed by atoms with E-state index in [1.807, 2.05) is 6.07 Å². The summed E-state index contributed by atoms with van der Waals surface area (Å²) in [7, 11) is 1.68. The smallest absolute Gasteiger partial charge is 0.475 e. The van der Waals surface area contributed by atoms with E-state index in [2.05, 4.69) is 33.4 Å². The van der Waals surface area contributed by atoms with E-state index in [4.69, 9.17) is 9.90 Å². The predicted octanol–water partition coefficient (Wildman–Crippen LogP) is 1.67. The van der Waals surface area contributed by atoms with Gasteiger partial charge in [0.2, 0.25) is 5.91 Å². The quantitative estimate of drug-likeness (QED) is 0.764. The number of amides is 1. The number of carboxylic acids is 1. The van der Waals surface area contributed by atoms with E-state index in [-0.39, 0.29) is 5.91 Å². The molecule has 25 heavy (non-hydrogen) atoms. The number of fused-ring (bicyclic) bond motifs is 3. The third-order valence-electron chi connectivity index (χ3n) is 3.86. The third-order valence-corrected chi connectivity index (χ3v) is 3.86. The number of aliphatic carboxylic acids is 1. The maximum Gasteiger partial charge on any atom is 0.490 e. The molecule has 0 saturated heterocycles. The molecule has 2 heterocycles. The first-order valence-electron chi connectivity index (χ1n) is 7.56. The molecular weight excluding hydrogens is 339 g/mol. The van der Waals surface area contributed by atoms with Gasteiger partial charge in [-0.3, -0.25) is 4.79 Å². The molecule has 1 aromatic heterocycles. The van der Waals surface area contributed by atoms with Crippen LogP contribution in [0.5, 0.6) is 0 Å². The Morgan fingerprint density at radius 2 is 1.96 bits per heavy atom. The fourth-order valence-corrected chi connectivity index (χ4v) is 2.73. The van der Waals surface area contributed by atoms with Crippen molar-refractivity contribution in [1.82, 2.24) is 15.2 Å². The summed E-state index contributed by atoms with van der Waals surface area (Å²) in [4.78, 5) is 20.6. The number of likely N-dealkylation sites (N-methyl/N-ethyl adjacent to an activating group) is 1. The number of nitrogens with one attached hydrogen (secondary N) is 2. The number of carbonyl (C=O) groups excluding carboxylic acids is 1. The zero-order valence-corrected chi connectivity index (χ0v) is 13.5. The highest BCUT2D eigenvalue weighted by Crippen LogP contribution is 2.28. The largest absolute Gasteiger partial charge is 0.490 e. The molecule has 6 nitrogen and oxygen atoms in total. The average Bonchev–Trinajstić information content (AvgIpc) is 2.89. The number of hydrogen-bond acceptors (Lipinski definition) is 3. The van der Waals surface area contributed by atoms with Crippen LogP contribution < -0.4 is 10.6 Å². The molecule has 0 spiro atoms. The van der Waals surface area contributed by atoms with Gasteiger partial charge in [-0.25, -0.2) is 4.79 Å². The van der Waals surface area contributed by atoms with Gasteiger partial charge in [0.05, 0.1) is 0 Å². The number of halogens is 3. The highest BCUT2D eigenvalue weighted by atomic mass is 19.4. The lowest BCUT2D eigenvalue weighted by Gasteiger charge is -2.16. The summed E-state index contributed by atoms with van der Waals surface area (Å²) in [6.45, 7) is 2.26. The number of rotatable bonds is 2. The van der Waals surface area contributed by atoms with Crippen LogP contribution in [0.4, 0.5) is 13.2 Å². The number of para-hydroxylation sites is 1. The second-order valence-corrected chi connectivity index (χ2v) is 5.43. The standard InChI is InChI=1S/C14H17N3O.C2HF3O2/c1-15-14(18)9-17-12-5-3-2-4-10(12)11-6-7-16-8-13(11)17;3-2(4,5)1(6)7/h2-5,16H,6-9H2,1H3,(H,15,18);(H,6,7). The van der Waals surface area contributed by atoms with Gasteiger partial charge in [-0.2, -0.15) is 13.2 Å². The van der Waals surface area contributed by atoms with Crippen molar-refractivity contribution >= 4 is 22.8 Å². The van der Waals surface area contributed by atoms with Gasteiger partial charge in [-0.15, -0.1) is 0 Å². The number of nitrogens with zero attached hydrogens (tertiary/aromatic N) is 1. The summed E-state index contributed by atoms with van der Waals surface area (Å²) in [5.74, 6) is -2.71. The Labute approximate surface area is 141 Å². The van der Waals surface area contributed by atoms with E-state index in [1.165, 1.54) is 16.6 Å². The molecule has 3 N–H and O–H groups in total. The molecule has 3 rings (SSSR count). The zero-order valence-electron chi connectivity index (χ0n) is 13.5. The molecule has 0 aliphatic carbocycles. The van der Waals surface area contributed by atoms with E-state index in [9.17, 15) is 18.0 Å². The minimum atomic E-state index is -5.08. The van der Waals surface area contributed by atoms with Gasteiger partial charge >= 0.3 is 12.1 Å². The van der Waals surface area contributed by atoms with Crippen molar-refractivity contribution in [3.63, 3.8) is 0 Å². The zero-order chi connectivity index (χ0) is 18.6. The monoisotopic (exact) mass is 357 g/mol. The van der Waals surface area contributed by atoms with Crippen molar-refractivity contribution in [2.24, 2.45) is 0 Å². The molecule has 136 valence electrons. The Morgan fingerprint density at radius 1 is 1.32 bits per heavy atom. The Bertz CT molecular complexity index is 784. The third kappa shape index (κ3) is 4.30. The summed E-state index contributed by atoms with van der Waals surface area (Å²) >= 11 is 0. The number of alkyl halides is 3. The second kappa shape index (κ2) is 7.56. The van der Waals surface area contributed by atoms with Crippen LogP contribution in [-0.2, 0) is 29.1 Å². The molecular formula is C16H18F3N3O3. The number of hydrogen-bond donors (Lipinski definition) is 3. The van der Waals surface area contributed by atoms with Crippen molar-refractivity contribution in [2.45, 2.75) is 25.7 Å². The van der Waals surface area contributed by atoms with Gasteiger partial charge < -0.3 is 20.3 Å². The van der Waals surface area contributed by atoms with Gasteiger partial charge in [-0.1, -0.05) is 18.2 Å². The SMILES string of the molecule is CNC(=O)Cn1c2c(c3ccccc31)CCNC2.O=C(O)C(F)(F)F. The fraction of sp³-hybridized carbons (Fsp3) is 0.375. The van der Waals surface area contributed by atoms with E-state index in [1.54, 1.807) is 7.05 Å². The normalized spacial score (nSPS) is 13.6. The maximum absolute atomic E-state index is 11.7. The van der Waals surface area contributed by atoms with Crippen LogP contribution in [0.25, 0.3) is 10.9 Å². The van der Waals surface area contributed by atoms with Crippen LogP contribution in [0.15, 0.2) is 24.3 Å². The van der Waals surface area contributed by atoms with Crippen LogP contribution in [0, 0.1) is 0 Å². The molecule has 2 aromatic rings. The van der Waals surface area contributed by atoms with Crippen LogP contribution in [0.3, 0.4) is 0 Å². The summed E-state index contributed by atoms with van der Waals surface area (Å²) in [6.07, 6.45) is -4.05. The van der Waals surface area contributed by atoms with Gasteiger partial charge in [0.15, 0.2) is 0 Å². The van der Waals surface area contributed by atoms with Crippen LogP contribution in [0.2, 0.25) is 0 Å². The van der Waals surface area contributed by atoms with Crippen molar-refractivity contribution < 1.29 is 27.9 Å². The van der Waals surface area contributed by atoms with E-state index < -0.39 is 12.1 Å². The Balaban J connectivity index is 0.000000277. The summed E-state index contributed by atoms with van der Waals surface area (Å²) in [6, 6.07) is 8.34. The molecule has 1 aliphatic heterocycles. The van der Waals surface area contributed by atoms with Crippen molar-refractivity contribution in [1.29, 1.82) is 0 Å². The lowest BCUT2D eigenvalue weighted by Crippen LogP contribution is -2.28. The molecule has 0 unspecified atom stereocenters. The maximum atomic E-state index is 11.7. The Hall–Kier alpha value is -2.55. The minimum Gasteiger partial charge on any atom is -0.475 e. The summed E-state index contributed by atoms with van der Waals surface area (Å²) in [5, 5.41) is 14.5. The van der Waals surface area contributed by atoms with Crippen LogP contribution in [0.1, 0.15) is 11.3 Å². The fourth-order valence-electron chi connectivity index (χ4n) is 2.73. The number of carbonyl (C=O) groups is 2. The van der Waals surface area contributed by atoms with Gasteiger partial charge in [-0.05, 0) is 24.6 Å². The average molecular weight is 357 g/mol. The summed E-state index contributed by atoms with van der Waals surface area (Å²) < 4.78 is 33.9. The molecule has 0 radical (unpaired) electrons. The molecule has 1 aromatic carbocycles. The van der Waals surface area contributed by atoms with Crippen LogP contribution >= 0.6 is 0 Å². The number of benzene rings is 1. The molecule has 1 amide bonds.